The largest absolute Gasteiger partial charge is 0.465 e. The van der Waals surface area contributed by atoms with Gasteiger partial charge in [0, 0.05) is 17.3 Å². The van der Waals surface area contributed by atoms with Gasteiger partial charge in [0.25, 0.3) is 0 Å². The summed E-state index contributed by atoms with van der Waals surface area (Å²) in [5.41, 5.74) is 3.90. The highest BCUT2D eigenvalue weighted by Crippen LogP contribution is 2.31. The van der Waals surface area contributed by atoms with Gasteiger partial charge >= 0.3 is 5.97 Å². The summed E-state index contributed by atoms with van der Waals surface area (Å²) in [4.78, 5) is 41.3. The van der Waals surface area contributed by atoms with Gasteiger partial charge in [-0.3, -0.25) is 14.4 Å². The molecule has 1 atom stereocenters. The van der Waals surface area contributed by atoms with Crippen LogP contribution in [0.3, 0.4) is 0 Å². The summed E-state index contributed by atoms with van der Waals surface area (Å²) in [6, 6.07) is 22.0. The second-order valence-corrected chi connectivity index (χ2v) is 8.54. The fourth-order valence-electron chi connectivity index (χ4n) is 4.21. The van der Waals surface area contributed by atoms with Gasteiger partial charge in [-0.15, -0.1) is 0 Å². The maximum atomic E-state index is 13.5. The molecule has 0 aliphatic rings. The molecule has 3 N–H and O–H groups in total. The van der Waals surface area contributed by atoms with Crippen molar-refractivity contribution in [2.75, 3.05) is 13.2 Å². The minimum atomic E-state index is -0.899. The molecule has 4 aromatic rings. The number of rotatable bonds is 10. The number of hydrogen-bond acceptors (Lipinski definition) is 4. The highest BCUT2D eigenvalue weighted by atomic mass is 19.1. The maximum Gasteiger partial charge on any atom is 0.325 e. The van der Waals surface area contributed by atoms with Gasteiger partial charge < -0.3 is 20.4 Å². The number of aromatic nitrogens is 1. The molecule has 1 aromatic heterocycles. The normalized spacial score (nSPS) is 11.6. The highest BCUT2D eigenvalue weighted by molar-refractivity contribution is 5.96. The number of nitrogens with one attached hydrogen (secondary N) is 3. The Morgan fingerprint density at radius 1 is 0.946 bits per heavy atom. The van der Waals surface area contributed by atoms with Gasteiger partial charge in [-0.1, -0.05) is 48.5 Å². The fraction of sp³-hybridized carbons (Fsp3) is 0.207. The Morgan fingerprint density at radius 3 is 2.38 bits per heavy atom. The smallest absolute Gasteiger partial charge is 0.325 e. The van der Waals surface area contributed by atoms with E-state index in [0.717, 1.165) is 27.6 Å². The predicted molar refractivity (Wildman–Crippen MR) is 139 cm³/mol. The molecule has 0 aliphatic carbocycles. The molecule has 0 saturated carbocycles. The lowest BCUT2D eigenvalue weighted by molar-refractivity contribution is -0.143. The molecule has 7 nitrogen and oxygen atoms in total. The third kappa shape index (κ3) is 6.61. The Balaban J connectivity index is 1.57. The van der Waals surface area contributed by atoms with E-state index in [1.165, 1.54) is 12.1 Å². The summed E-state index contributed by atoms with van der Waals surface area (Å²) in [5, 5.41) is 6.25. The van der Waals surface area contributed by atoms with Gasteiger partial charge in [-0.25, -0.2) is 4.39 Å². The topological polar surface area (TPSA) is 100 Å². The van der Waals surface area contributed by atoms with Crippen molar-refractivity contribution in [2.24, 2.45) is 0 Å². The zero-order valence-electron chi connectivity index (χ0n) is 20.4. The van der Waals surface area contributed by atoms with Crippen molar-refractivity contribution in [1.82, 2.24) is 15.6 Å². The summed E-state index contributed by atoms with van der Waals surface area (Å²) in [6.45, 7) is 1.61. The van der Waals surface area contributed by atoms with Crippen molar-refractivity contribution in [2.45, 2.75) is 25.8 Å². The molecule has 0 spiro atoms. The van der Waals surface area contributed by atoms with Crippen LogP contribution in [-0.2, 0) is 32.0 Å². The number of aromatic amines is 1. The number of esters is 1. The molecular formula is C29H28FN3O4. The molecule has 190 valence electrons. The molecule has 0 unspecified atom stereocenters. The number of halogens is 1. The maximum absolute atomic E-state index is 13.5. The van der Waals surface area contributed by atoms with Crippen molar-refractivity contribution >= 4 is 28.7 Å². The highest BCUT2D eigenvalue weighted by Gasteiger charge is 2.24. The van der Waals surface area contributed by atoms with E-state index < -0.39 is 17.9 Å². The van der Waals surface area contributed by atoms with E-state index in [-0.39, 0.29) is 37.7 Å². The van der Waals surface area contributed by atoms with Crippen molar-refractivity contribution in [3.8, 4) is 11.3 Å². The van der Waals surface area contributed by atoms with Crippen molar-refractivity contribution < 1.29 is 23.5 Å². The number of H-pyrrole nitrogens is 1. The Hall–Kier alpha value is -4.46. The van der Waals surface area contributed by atoms with E-state index in [9.17, 15) is 18.8 Å². The van der Waals surface area contributed by atoms with Crippen LogP contribution >= 0.6 is 0 Å². The number of ether oxygens (including phenoxy) is 1. The standard InChI is InChI=1S/C29H28FN3O4/c1-2-37-27(35)18-31-29(36)25(16-19-8-4-3-5-9-19)32-26(34)17-23-22-10-6-7-11-24(22)33-28(23)20-12-14-21(30)15-13-20/h3-15,25,33H,2,16-18H2,1H3,(H,31,36)(H,32,34)/t25-/m0/s1. The lowest BCUT2D eigenvalue weighted by Crippen LogP contribution is -2.49. The Kier molecular flexibility index (Phi) is 8.30. The van der Waals surface area contributed by atoms with Crippen LogP contribution < -0.4 is 10.6 Å². The summed E-state index contributed by atoms with van der Waals surface area (Å²) in [6.07, 6.45) is 0.243. The van der Waals surface area contributed by atoms with Gasteiger partial charge in [-0.2, -0.15) is 0 Å². The molecule has 1 heterocycles. The minimum absolute atomic E-state index is 0.00678. The number of hydrogen-bond donors (Lipinski definition) is 3. The molecule has 2 amide bonds. The van der Waals surface area contributed by atoms with Crippen LogP contribution in [0.5, 0.6) is 0 Å². The first-order chi connectivity index (χ1) is 17.9. The first kappa shape index (κ1) is 25.6. The number of fused-ring (bicyclic) bond motifs is 1. The Morgan fingerprint density at radius 2 is 1.65 bits per heavy atom. The molecule has 8 heteroatoms. The summed E-state index contributed by atoms with van der Waals surface area (Å²) in [7, 11) is 0. The molecule has 4 rings (SSSR count). The Labute approximate surface area is 214 Å². The first-order valence-electron chi connectivity index (χ1n) is 12.1. The third-order valence-corrected chi connectivity index (χ3v) is 5.93. The van der Waals surface area contributed by atoms with E-state index in [1.54, 1.807) is 19.1 Å². The van der Waals surface area contributed by atoms with Gasteiger partial charge in [0.15, 0.2) is 0 Å². The van der Waals surface area contributed by atoms with Crippen LogP contribution in [-0.4, -0.2) is 42.0 Å². The molecule has 0 bridgehead atoms. The minimum Gasteiger partial charge on any atom is -0.465 e. The number of amides is 2. The summed E-state index contributed by atoms with van der Waals surface area (Å²) in [5.74, 6) is -1.75. The number of benzene rings is 3. The SMILES string of the molecule is CCOC(=O)CNC(=O)[C@H](Cc1ccccc1)NC(=O)Cc1c(-c2ccc(F)cc2)[nH]c2ccccc12. The third-order valence-electron chi connectivity index (χ3n) is 5.93. The number of carbonyl (C=O) groups is 3. The van der Waals surface area contributed by atoms with E-state index in [4.69, 9.17) is 4.74 Å². The van der Waals surface area contributed by atoms with E-state index in [1.807, 2.05) is 54.6 Å². The van der Waals surface area contributed by atoms with Crippen LogP contribution in [0.15, 0.2) is 78.9 Å². The van der Waals surface area contributed by atoms with Gasteiger partial charge in [0.05, 0.1) is 18.7 Å². The molecule has 37 heavy (non-hydrogen) atoms. The van der Waals surface area contributed by atoms with E-state index >= 15 is 0 Å². The van der Waals surface area contributed by atoms with Gasteiger partial charge in [0.1, 0.15) is 18.4 Å². The number of para-hydroxylation sites is 1. The zero-order valence-corrected chi connectivity index (χ0v) is 20.4. The second-order valence-electron chi connectivity index (χ2n) is 8.54. The lowest BCUT2D eigenvalue weighted by Gasteiger charge is -2.19. The van der Waals surface area contributed by atoms with E-state index in [2.05, 4.69) is 15.6 Å². The average molecular weight is 502 g/mol. The predicted octanol–water partition coefficient (Wildman–Crippen LogP) is 3.92. The monoisotopic (exact) mass is 501 g/mol. The molecule has 0 fully saturated rings. The van der Waals surface area contributed by atoms with Crippen molar-refractivity contribution in [3.63, 3.8) is 0 Å². The van der Waals surface area contributed by atoms with Crippen LogP contribution in [0.4, 0.5) is 4.39 Å². The van der Waals surface area contributed by atoms with Crippen molar-refractivity contribution in [3.05, 3.63) is 95.8 Å². The molecule has 0 aliphatic heterocycles. The van der Waals surface area contributed by atoms with Crippen LogP contribution in [0, 0.1) is 5.82 Å². The molecule has 3 aromatic carbocycles. The van der Waals surface area contributed by atoms with Gasteiger partial charge in [0.2, 0.25) is 11.8 Å². The fourth-order valence-corrected chi connectivity index (χ4v) is 4.21. The van der Waals surface area contributed by atoms with Crippen LogP contribution in [0.25, 0.3) is 22.2 Å². The summed E-state index contributed by atoms with van der Waals surface area (Å²) < 4.78 is 18.4. The molecule has 0 radical (unpaired) electrons. The van der Waals surface area contributed by atoms with E-state index in [0.29, 0.717) is 5.69 Å². The zero-order chi connectivity index (χ0) is 26.2. The lowest BCUT2D eigenvalue weighted by atomic mass is 10.0. The number of carbonyl (C=O) groups excluding carboxylic acids is 3. The Bertz CT molecular complexity index is 1380. The van der Waals surface area contributed by atoms with Crippen molar-refractivity contribution in [1.29, 1.82) is 0 Å². The summed E-state index contributed by atoms with van der Waals surface area (Å²) >= 11 is 0. The first-order valence-corrected chi connectivity index (χ1v) is 12.1. The molecular weight excluding hydrogens is 473 g/mol. The molecule has 0 saturated heterocycles. The van der Waals surface area contributed by atoms with Crippen LogP contribution in [0.2, 0.25) is 0 Å². The second kappa shape index (κ2) is 12.0. The van der Waals surface area contributed by atoms with Crippen LogP contribution in [0.1, 0.15) is 18.1 Å². The quantitative estimate of drug-likeness (QED) is 0.287. The van der Waals surface area contributed by atoms with Gasteiger partial charge in [-0.05, 0) is 53.9 Å². The average Bonchev–Trinajstić information content (AvgIpc) is 3.26.